The van der Waals surface area contributed by atoms with Gasteiger partial charge in [-0.05, 0) is 49.4 Å². The van der Waals surface area contributed by atoms with Gasteiger partial charge in [0.2, 0.25) is 6.79 Å². The van der Waals surface area contributed by atoms with E-state index in [1.54, 1.807) is 0 Å². The van der Waals surface area contributed by atoms with Crippen LogP contribution in [0.4, 0.5) is 0 Å². The first kappa shape index (κ1) is 14.7. The van der Waals surface area contributed by atoms with Gasteiger partial charge < -0.3 is 14.6 Å². The van der Waals surface area contributed by atoms with Crippen LogP contribution >= 0.6 is 0 Å². The Bertz CT molecular complexity index is 485. The van der Waals surface area contributed by atoms with Gasteiger partial charge in [-0.25, -0.2) is 0 Å². The number of hydrogen-bond donors (Lipinski definition) is 1. The molecule has 1 fully saturated rings. The van der Waals surface area contributed by atoms with Gasteiger partial charge in [0.15, 0.2) is 11.5 Å². The molecule has 4 nitrogen and oxygen atoms in total. The maximum atomic E-state index is 10.5. The van der Waals surface area contributed by atoms with Gasteiger partial charge in [0.1, 0.15) is 0 Å². The van der Waals surface area contributed by atoms with Crippen molar-refractivity contribution in [2.75, 3.05) is 19.9 Å². The molecule has 1 N–H and O–H groups in total. The lowest BCUT2D eigenvalue weighted by atomic mass is 10.1. The van der Waals surface area contributed by atoms with E-state index in [4.69, 9.17) is 9.47 Å². The van der Waals surface area contributed by atoms with E-state index < -0.39 is 6.10 Å². The Morgan fingerprint density at radius 1 is 1.24 bits per heavy atom. The highest BCUT2D eigenvalue weighted by molar-refractivity contribution is 5.45. The zero-order valence-electron chi connectivity index (χ0n) is 12.9. The molecule has 0 aromatic heterocycles. The number of fused-ring (bicyclic) bond motifs is 1. The van der Waals surface area contributed by atoms with Gasteiger partial charge in [0.25, 0.3) is 0 Å². The second-order valence-corrected chi connectivity index (χ2v) is 6.54. The van der Waals surface area contributed by atoms with Crippen LogP contribution in [0.3, 0.4) is 0 Å². The molecule has 3 rings (SSSR count). The Labute approximate surface area is 126 Å². The molecule has 1 heterocycles. The maximum absolute atomic E-state index is 10.5. The highest BCUT2D eigenvalue weighted by atomic mass is 16.7. The van der Waals surface area contributed by atoms with Crippen molar-refractivity contribution in [1.29, 1.82) is 0 Å². The van der Waals surface area contributed by atoms with Crippen LogP contribution in [0.1, 0.15) is 44.8 Å². The monoisotopic (exact) mass is 291 g/mol. The van der Waals surface area contributed by atoms with Crippen molar-refractivity contribution in [2.45, 2.75) is 45.3 Å². The average Bonchev–Trinajstić information content (AvgIpc) is 3.19. The van der Waals surface area contributed by atoms with Crippen molar-refractivity contribution < 1.29 is 14.6 Å². The van der Waals surface area contributed by atoms with E-state index in [2.05, 4.69) is 18.7 Å². The molecule has 1 aliphatic carbocycles. The lowest BCUT2D eigenvalue weighted by Crippen LogP contribution is -2.32. The van der Waals surface area contributed by atoms with E-state index in [1.807, 2.05) is 18.2 Å². The van der Waals surface area contributed by atoms with Crippen molar-refractivity contribution in [2.24, 2.45) is 5.92 Å². The van der Waals surface area contributed by atoms with Crippen molar-refractivity contribution in [3.05, 3.63) is 23.8 Å². The number of nitrogens with zero attached hydrogens (tertiary/aromatic N) is 1. The minimum atomic E-state index is -0.465. The van der Waals surface area contributed by atoms with Crippen LogP contribution in [0.25, 0.3) is 0 Å². The summed E-state index contributed by atoms with van der Waals surface area (Å²) in [5.74, 6) is 2.21. The van der Waals surface area contributed by atoms with Crippen LogP contribution in [-0.4, -0.2) is 35.9 Å². The Morgan fingerprint density at radius 3 is 2.71 bits per heavy atom. The lowest BCUT2D eigenvalue weighted by Gasteiger charge is -2.26. The first-order chi connectivity index (χ1) is 10.1. The fraction of sp³-hybridized carbons (Fsp3) is 0.647. The van der Waals surface area contributed by atoms with Gasteiger partial charge in [-0.2, -0.15) is 0 Å². The minimum Gasteiger partial charge on any atom is -0.454 e. The summed E-state index contributed by atoms with van der Waals surface area (Å²) in [5, 5.41) is 10.5. The third kappa shape index (κ3) is 3.69. The minimum absolute atomic E-state index is 0.275. The number of aliphatic hydroxyl groups excluding tert-OH is 1. The van der Waals surface area contributed by atoms with Crippen LogP contribution in [0.2, 0.25) is 0 Å². The Balaban J connectivity index is 1.62. The SMILES string of the molecule is CC(C)CCN(CC(O)c1ccc2c(c1)OCO2)C1CC1. The van der Waals surface area contributed by atoms with E-state index in [0.29, 0.717) is 18.5 Å². The first-order valence-corrected chi connectivity index (χ1v) is 7.95. The number of benzene rings is 1. The van der Waals surface area contributed by atoms with Gasteiger partial charge in [-0.3, -0.25) is 4.90 Å². The van der Waals surface area contributed by atoms with E-state index in [0.717, 1.165) is 23.6 Å². The van der Waals surface area contributed by atoms with E-state index >= 15 is 0 Å². The van der Waals surface area contributed by atoms with Crippen LogP contribution < -0.4 is 9.47 Å². The zero-order chi connectivity index (χ0) is 14.8. The molecule has 0 radical (unpaired) electrons. The summed E-state index contributed by atoms with van der Waals surface area (Å²) in [6, 6.07) is 6.40. The summed E-state index contributed by atoms with van der Waals surface area (Å²) in [4.78, 5) is 2.44. The molecule has 1 unspecified atom stereocenters. The van der Waals surface area contributed by atoms with Crippen molar-refractivity contribution in [3.63, 3.8) is 0 Å². The van der Waals surface area contributed by atoms with E-state index in [1.165, 1.54) is 19.3 Å². The van der Waals surface area contributed by atoms with E-state index in [9.17, 15) is 5.11 Å². The van der Waals surface area contributed by atoms with Crippen LogP contribution in [0.5, 0.6) is 11.5 Å². The summed E-state index contributed by atoms with van der Waals surface area (Å²) in [6.07, 6.45) is 3.26. The molecule has 1 aromatic rings. The summed E-state index contributed by atoms with van der Waals surface area (Å²) in [7, 11) is 0. The van der Waals surface area contributed by atoms with Crippen LogP contribution in [0, 0.1) is 5.92 Å². The molecule has 21 heavy (non-hydrogen) atoms. The third-order valence-electron chi connectivity index (χ3n) is 4.25. The number of aliphatic hydroxyl groups is 1. The summed E-state index contributed by atoms with van der Waals surface area (Å²) < 4.78 is 10.7. The number of rotatable bonds is 7. The topological polar surface area (TPSA) is 41.9 Å². The largest absolute Gasteiger partial charge is 0.454 e. The van der Waals surface area contributed by atoms with Crippen molar-refractivity contribution in [3.8, 4) is 11.5 Å². The molecule has 4 heteroatoms. The molecule has 1 atom stereocenters. The van der Waals surface area contributed by atoms with Gasteiger partial charge in [-0.1, -0.05) is 19.9 Å². The number of ether oxygens (including phenoxy) is 2. The molecule has 0 saturated heterocycles. The third-order valence-corrected chi connectivity index (χ3v) is 4.25. The number of hydrogen-bond acceptors (Lipinski definition) is 4. The quantitative estimate of drug-likeness (QED) is 0.838. The Kier molecular flexibility index (Phi) is 4.36. The predicted octanol–water partition coefficient (Wildman–Crippen LogP) is 2.96. The van der Waals surface area contributed by atoms with E-state index in [-0.39, 0.29) is 6.79 Å². The smallest absolute Gasteiger partial charge is 0.231 e. The normalized spacial score (nSPS) is 18.5. The maximum Gasteiger partial charge on any atom is 0.231 e. The van der Waals surface area contributed by atoms with Crippen molar-refractivity contribution >= 4 is 0 Å². The first-order valence-electron chi connectivity index (χ1n) is 7.95. The summed E-state index contributed by atoms with van der Waals surface area (Å²) >= 11 is 0. The van der Waals surface area contributed by atoms with Gasteiger partial charge in [0, 0.05) is 12.6 Å². The van der Waals surface area contributed by atoms with Crippen LogP contribution in [0.15, 0.2) is 18.2 Å². The Hall–Kier alpha value is -1.26. The fourth-order valence-corrected chi connectivity index (χ4v) is 2.73. The molecule has 0 amide bonds. The van der Waals surface area contributed by atoms with Gasteiger partial charge >= 0.3 is 0 Å². The molecule has 116 valence electrons. The van der Waals surface area contributed by atoms with Crippen molar-refractivity contribution in [1.82, 2.24) is 4.90 Å². The molecule has 0 spiro atoms. The lowest BCUT2D eigenvalue weighted by molar-refractivity contribution is 0.105. The molecular formula is C17H25NO3. The predicted molar refractivity (Wildman–Crippen MR) is 81.6 cm³/mol. The van der Waals surface area contributed by atoms with Gasteiger partial charge in [-0.15, -0.1) is 0 Å². The standard InChI is InChI=1S/C17H25NO3/c1-12(2)7-8-18(14-4-5-14)10-15(19)13-3-6-16-17(9-13)21-11-20-16/h3,6,9,12,14-15,19H,4-5,7-8,10-11H2,1-2H3. The molecular weight excluding hydrogens is 266 g/mol. The molecule has 0 bridgehead atoms. The molecule has 1 aromatic carbocycles. The molecule has 1 saturated carbocycles. The average molecular weight is 291 g/mol. The summed E-state index contributed by atoms with van der Waals surface area (Å²) in [6.45, 7) is 6.55. The Morgan fingerprint density at radius 2 is 2.00 bits per heavy atom. The molecule has 2 aliphatic rings. The molecule has 1 aliphatic heterocycles. The van der Waals surface area contributed by atoms with Gasteiger partial charge in [0.05, 0.1) is 6.10 Å². The second kappa shape index (κ2) is 6.24. The highest BCUT2D eigenvalue weighted by Gasteiger charge is 2.30. The summed E-state index contributed by atoms with van der Waals surface area (Å²) in [5.41, 5.74) is 0.912. The van der Waals surface area contributed by atoms with Crippen LogP contribution in [-0.2, 0) is 0 Å². The zero-order valence-corrected chi connectivity index (χ0v) is 12.9. The second-order valence-electron chi connectivity index (χ2n) is 6.54. The highest BCUT2D eigenvalue weighted by Crippen LogP contribution is 2.35. The fourth-order valence-electron chi connectivity index (χ4n) is 2.73.